The second kappa shape index (κ2) is 8.31. The predicted octanol–water partition coefficient (Wildman–Crippen LogP) is 3.04. The van der Waals surface area contributed by atoms with Gasteiger partial charge in [0.2, 0.25) is 5.91 Å². The number of alkyl halides is 1. The maximum absolute atomic E-state index is 12.0. The minimum Gasteiger partial charge on any atom is -0.334 e. The smallest absolute Gasteiger partial charge is 0.238 e. The van der Waals surface area contributed by atoms with Gasteiger partial charge in [0.1, 0.15) is 5.88 Å². The number of benzene rings is 1. The van der Waals surface area contributed by atoms with Crippen LogP contribution in [0.3, 0.4) is 0 Å². The van der Waals surface area contributed by atoms with Crippen molar-refractivity contribution in [2.75, 3.05) is 5.88 Å². The Morgan fingerprint density at radius 2 is 2.05 bits per heavy atom. The van der Waals surface area contributed by atoms with Crippen molar-refractivity contribution in [3.63, 3.8) is 0 Å². The standard InChI is InChI=1S/C17H18ClNO/c1-4-6-7-14(3)19(17(20)12-18)13-16-10-8-15(5-2)9-11-16/h2,8-11,14H,7,12-13H2,1,3H3. The number of nitrogens with zero attached hydrogens (tertiary/aromatic N) is 1. The normalized spacial score (nSPS) is 10.9. The van der Waals surface area contributed by atoms with Gasteiger partial charge in [-0.25, -0.2) is 0 Å². The van der Waals surface area contributed by atoms with E-state index in [1.165, 1.54) is 0 Å². The summed E-state index contributed by atoms with van der Waals surface area (Å²) < 4.78 is 0. The van der Waals surface area contributed by atoms with Gasteiger partial charge in [-0.05, 0) is 31.5 Å². The average Bonchev–Trinajstić information content (AvgIpc) is 2.50. The summed E-state index contributed by atoms with van der Waals surface area (Å²) >= 11 is 5.68. The first kappa shape index (κ1) is 16.2. The highest BCUT2D eigenvalue weighted by molar-refractivity contribution is 6.27. The molecule has 0 aliphatic heterocycles. The lowest BCUT2D eigenvalue weighted by atomic mass is 10.1. The average molecular weight is 288 g/mol. The first-order chi connectivity index (χ1) is 9.62. The number of halogens is 1. The highest BCUT2D eigenvalue weighted by Gasteiger charge is 2.18. The van der Waals surface area contributed by atoms with Crippen LogP contribution >= 0.6 is 11.6 Å². The summed E-state index contributed by atoms with van der Waals surface area (Å²) in [7, 11) is 0. The fourth-order valence-electron chi connectivity index (χ4n) is 1.83. The molecule has 0 saturated carbocycles. The van der Waals surface area contributed by atoms with Gasteiger partial charge in [0.05, 0.1) is 0 Å². The zero-order valence-corrected chi connectivity index (χ0v) is 12.6. The molecule has 0 aliphatic rings. The van der Waals surface area contributed by atoms with E-state index in [9.17, 15) is 4.79 Å². The number of hydrogen-bond donors (Lipinski definition) is 0. The van der Waals surface area contributed by atoms with E-state index in [1.807, 2.05) is 31.2 Å². The first-order valence-corrected chi connectivity index (χ1v) is 6.96. The van der Waals surface area contributed by atoms with Crippen LogP contribution in [0.4, 0.5) is 0 Å². The molecule has 0 aromatic heterocycles. The van der Waals surface area contributed by atoms with Crippen LogP contribution in [0.5, 0.6) is 0 Å². The summed E-state index contributed by atoms with van der Waals surface area (Å²) in [5.74, 6) is 8.31. The molecule has 0 radical (unpaired) electrons. The van der Waals surface area contributed by atoms with Crippen molar-refractivity contribution in [1.29, 1.82) is 0 Å². The van der Waals surface area contributed by atoms with Gasteiger partial charge in [-0.3, -0.25) is 4.79 Å². The van der Waals surface area contributed by atoms with Gasteiger partial charge in [0.15, 0.2) is 0 Å². The Balaban J connectivity index is 2.85. The Bertz CT molecular complexity index is 545. The third-order valence-electron chi connectivity index (χ3n) is 3.01. The molecule has 0 heterocycles. The van der Waals surface area contributed by atoms with Crippen molar-refractivity contribution in [3.05, 3.63) is 35.4 Å². The largest absolute Gasteiger partial charge is 0.334 e. The number of terminal acetylenes is 1. The third kappa shape index (κ3) is 4.65. The maximum atomic E-state index is 12.0. The number of carbonyl (C=O) groups excluding carboxylic acids is 1. The van der Waals surface area contributed by atoms with E-state index in [0.717, 1.165) is 11.1 Å². The van der Waals surface area contributed by atoms with Crippen LogP contribution in [0.15, 0.2) is 24.3 Å². The molecule has 1 unspecified atom stereocenters. The van der Waals surface area contributed by atoms with Gasteiger partial charge in [-0.15, -0.1) is 29.9 Å². The Hall–Kier alpha value is -1.90. The van der Waals surface area contributed by atoms with Gasteiger partial charge in [-0.1, -0.05) is 18.1 Å². The minimum atomic E-state index is -0.0851. The Morgan fingerprint density at radius 3 is 2.55 bits per heavy atom. The topological polar surface area (TPSA) is 20.3 Å². The number of amides is 1. The second-order valence-corrected chi connectivity index (χ2v) is 4.74. The van der Waals surface area contributed by atoms with Crippen LogP contribution in [0, 0.1) is 24.2 Å². The number of rotatable bonds is 5. The minimum absolute atomic E-state index is 0.0215. The van der Waals surface area contributed by atoms with E-state index < -0.39 is 0 Å². The fraction of sp³-hybridized carbons (Fsp3) is 0.353. The molecule has 2 nitrogen and oxygen atoms in total. The second-order valence-electron chi connectivity index (χ2n) is 4.48. The Morgan fingerprint density at radius 1 is 1.40 bits per heavy atom. The van der Waals surface area contributed by atoms with Gasteiger partial charge < -0.3 is 4.90 Å². The molecule has 1 aromatic carbocycles. The molecule has 0 bridgehead atoms. The SMILES string of the molecule is C#Cc1ccc(CN(C(=O)CCl)C(C)CC#CC)cc1. The molecule has 3 heteroatoms. The van der Waals surface area contributed by atoms with E-state index in [2.05, 4.69) is 17.8 Å². The maximum Gasteiger partial charge on any atom is 0.238 e. The van der Waals surface area contributed by atoms with Gasteiger partial charge >= 0.3 is 0 Å². The Kier molecular flexibility index (Phi) is 6.71. The molecule has 104 valence electrons. The van der Waals surface area contributed by atoms with E-state index in [4.69, 9.17) is 18.0 Å². The summed E-state index contributed by atoms with van der Waals surface area (Å²) in [5.41, 5.74) is 1.85. The lowest BCUT2D eigenvalue weighted by molar-refractivity contribution is -0.131. The van der Waals surface area contributed by atoms with Crippen molar-refractivity contribution in [3.8, 4) is 24.2 Å². The molecular weight excluding hydrogens is 270 g/mol. The van der Waals surface area contributed by atoms with E-state index in [0.29, 0.717) is 13.0 Å². The van der Waals surface area contributed by atoms with Crippen molar-refractivity contribution >= 4 is 17.5 Å². The summed E-state index contributed by atoms with van der Waals surface area (Å²) in [6, 6.07) is 7.63. The highest BCUT2D eigenvalue weighted by Crippen LogP contribution is 2.12. The molecule has 1 rings (SSSR count). The summed E-state index contributed by atoms with van der Waals surface area (Å²) in [5, 5.41) is 0. The fourth-order valence-corrected chi connectivity index (χ4v) is 1.98. The summed E-state index contributed by atoms with van der Waals surface area (Å²) in [4.78, 5) is 13.7. The monoisotopic (exact) mass is 287 g/mol. The molecule has 0 saturated heterocycles. The van der Waals surface area contributed by atoms with E-state index >= 15 is 0 Å². The summed E-state index contributed by atoms with van der Waals surface area (Å²) in [6.07, 6.45) is 5.97. The van der Waals surface area contributed by atoms with Gasteiger partial charge in [-0.2, -0.15) is 0 Å². The van der Waals surface area contributed by atoms with E-state index in [1.54, 1.807) is 11.8 Å². The molecule has 1 amide bonds. The van der Waals surface area contributed by atoms with Crippen LogP contribution in [-0.2, 0) is 11.3 Å². The zero-order chi connectivity index (χ0) is 15.0. The molecule has 20 heavy (non-hydrogen) atoms. The zero-order valence-electron chi connectivity index (χ0n) is 11.8. The van der Waals surface area contributed by atoms with Crippen LogP contribution < -0.4 is 0 Å². The lowest BCUT2D eigenvalue weighted by Gasteiger charge is -2.27. The van der Waals surface area contributed by atoms with Crippen LogP contribution in [0.1, 0.15) is 31.4 Å². The molecule has 0 N–H and O–H groups in total. The highest BCUT2D eigenvalue weighted by atomic mass is 35.5. The Labute approximate surface area is 126 Å². The molecule has 0 spiro atoms. The van der Waals surface area contributed by atoms with Gasteiger partial charge in [0.25, 0.3) is 0 Å². The quantitative estimate of drug-likeness (QED) is 0.602. The molecule has 1 aromatic rings. The van der Waals surface area contributed by atoms with Crippen molar-refractivity contribution in [2.45, 2.75) is 32.9 Å². The van der Waals surface area contributed by atoms with Crippen molar-refractivity contribution in [2.24, 2.45) is 0 Å². The summed E-state index contributed by atoms with van der Waals surface area (Å²) in [6.45, 7) is 4.28. The van der Waals surface area contributed by atoms with Crippen LogP contribution in [0.2, 0.25) is 0 Å². The van der Waals surface area contributed by atoms with E-state index in [-0.39, 0.29) is 17.8 Å². The molecule has 0 aliphatic carbocycles. The van der Waals surface area contributed by atoms with Crippen molar-refractivity contribution in [1.82, 2.24) is 4.90 Å². The molecule has 0 fully saturated rings. The van der Waals surface area contributed by atoms with Gasteiger partial charge in [0, 0.05) is 24.6 Å². The molecule has 1 atom stereocenters. The third-order valence-corrected chi connectivity index (χ3v) is 3.24. The lowest BCUT2D eigenvalue weighted by Crippen LogP contribution is -2.38. The number of hydrogen-bond acceptors (Lipinski definition) is 1. The molecular formula is C17H18ClNO. The van der Waals surface area contributed by atoms with Crippen LogP contribution in [-0.4, -0.2) is 22.7 Å². The first-order valence-electron chi connectivity index (χ1n) is 6.43. The number of carbonyl (C=O) groups is 1. The predicted molar refractivity (Wildman–Crippen MR) is 83.2 cm³/mol. The van der Waals surface area contributed by atoms with Crippen molar-refractivity contribution < 1.29 is 4.79 Å². The van der Waals surface area contributed by atoms with Crippen LogP contribution in [0.25, 0.3) is 0 Å².